The summed E-state index contributed by atoms with van der Waals surface area (Å²) in [5, 5.41) is 6.71. The number of hydrogen-bond acceptors (Lipinski definition) is 8. The van der Waals surface area contributed by atoms with Gasteiger partial charge in [-0.1, -0.05) is 17.7 Å². The lowest BCUT2D eigenvalue weighted by Gasteiger charge is -2.29. The first-order valence-corrected chi connectivity index (χ1v) is 14.1. The van der Waals surface area contributed by atoms with Crippen LogP contribution in [0.4, 0.5) is 29.0 Å². The van der Waals surface area contributed by atoms with Crippen LogP contribution in [0.3, 0.4) is 0 Å². The van der Waals surface area contributed by atoms with Gasteiger partial charge < -0.3 is 15.5 Å². The van der Waals surface area contributed by atoms with E-state index in [4.69, 9.17) is 11.6 Å². The highest BCUT2D eigenvalue weighted by atomic mass is 35.5. The monoisotopic (exact) mass is 543 g/mol. The average molecular weight is 544 g/mol. The molecule has 1 aliphatic heterocycles. The van der Waals surface area contributed by atoms with Gasteiger partial charge >= 0.3 is 0 Å². The van der Waals surface area contributed by atoms with Gasteiger partial charge in [-0.15, -0.1) is 0 Å². The fraction of sp³-hybridized carbons (Fsp3) is 0.423. The minimum atomic E-state index is -3.63. The van der Waals surface area contributed by atoms with E-state index in [0.717, 1.165) is 31.5 Å². The maximum atomic E-state index is 12.6. The molecule has 4 rings (SSSR count). The summed E-state index contributed by atoms with van der Waals surface area (Å²) in [6.07, 6.45) is 5.93. The molecule has 1 fully saturated rings. The first kappa shape index (κ1) is 27.1. The van der Waals surface area contributed by atoms with Crippen molar-refractivity contribution >= 4 is 50.6 Å². The van der Waals surface area contributed by atoms with E-state index in [1.165, 1.54) is 5.56 Å². The van der Waals surface area contributed by atoms with E-state index in [1.54, 1.807) is 45.2 Å². The predicted molar refractivity (Wildman–Crippen MR) is 151 cm³/mol. The first-order valence-electron chi connectivity index (χ1n) is 12.3. The number of hydrogen-bond donors (Lipinski definition) is 3. The molecule has 198 valence electrons. The molecule has 0 atom stereocenters. The van der Waals surface area contributed by atoms with Gasteiger partial charge in [0.1, 0.15) is 11.6 Å². The van der Waals surface area contributed by atoms with E-state index in [1.807, 2.05) is 19.2 Å². The summed E-state index contributed by atoms with van der Waals surface area (Å²) in [7, 11) is -1.47. The average Bonchev–Trinajstić information content (AvgIpc) is 2.83. The Bertz CT molecular complexity index is 1350. The number of sulfonamides is 1. The molecule has 0 saturated carbocycles. The summed E-state index contributed by atoms with van der Waals surface area (Å²) in [5.74, 6) is 2.18. The van der Waals surface area contributed by atoms with Crippen molar-refractivity contribution in [2.24, 2.45) is 0 Å². The van der Waals surface area contributed by atoms with Crippen LogP contribution in [0, 0.1) is 6.92 Å². The number of anilines is 5. The molecule has 0 unspecified atom stereocenters. The lowest BCUT2D eigenvalue weighted by atomic mass is 9.91. The highest BCUT2D eigenvalue weighted by Gasteiger charge is 2.29. The second-order valence-electron chi connectivity index (χ2n) is 10.4. The van der Waals surface area contributed by atoms with Gasteiger partial charge in [0.15, 0.2) is 0 Å². The van der Waals surface area contributed by atoms with Crippen LogP contribution in [-0.4, -0.2) is 53.2 Å². The number of aryl methyl sites for hydroxylation is 1. The van der Waals surface area contributed by atoms with Crippen LogP contribution in [0.15, 0.2) is 42.7 Å². The maximum Gasteiger partial charge on any atom is 0.237 e. The topological polar surface area (TPSA) is 112 Å². The first-order chi connectivity index (χ1) is 17.4. The fourth-order valence-corrected chi connectivity index (χ4v) is 4.91. The van der Waals surface area contributed by atoms with Crippen molar-refractivity contribution in [3.8, 4) is 0 Å². The van der Waals surface area contributed by atoms with Crippen molar-refractivity contribution in [2.75, 3.05) is 35.5 Å². The molecule has 9 nitrogen and oxygen atoms in total. The van der Waals surface area contributed by atoms with Gasteiger partial charge in [-0.2, -0.15) is 4.98 Å². The molecule has 0 radical (unpaired) electrons. The van der Waals surface area contributed by atoms with Gasteiger partial charge in [0.2, 0.25) is 16.0 Å². The molecule has 11 heteroatoms. The SMILES string of the molecule is Cc1cnc(Nc2ccc(C3CCN(C)CC3)cn2)nc1Nc1ccc(Cl)c(NS(=O)(=O)C(C)(C)C)c1. The molecule has 3 aromatic rings. The van der Waals surface area contributed by atoms with Crippen molar-refractivity contribution in [1.29, 1.82) is 0 Å². The summed E-state index contributed by atoms with van der Waals surface area (Å²) >= 11 is 6.27. The van der Waals surface area contributed by atoms with Crippen molar-refractivity contribution in [3.63, 3.8) is 0 Å². The molecular weight excluding hydrogens is 510 g/mol. The standard InChI is InChI=1S/C26H34ClN7O2S/c1-17-15-29-25(31-23-9-6-19(16-28-23)18-10-12-34(5)13-11-18)32-24(17)30-20-7-8-21(27)22(14-20)33-37(35,36)26(2,3)4/h6-9,14-16,18,33H,10-13H2,1-5H3,(H2,28,29,30,31,32). The Morgan fingerprint density at radius 1 is 1.03 bits per heavy atom. The Kier molecular flexibility index (Phi) is 7.91. The van der Waals surface area contributed by atoms with E-state index in [0.29, 0.717) is 39.9 Å². The molecular formula is C26H34ClN7O2S. The number of piperidine rings is 1. The van der Waals surface area contributed by atoms with Crippen molar-refractivity contribution < 1.29 is 8.42 Å². The van der Waals surface area contributed by atoms with E-state index in [-0.39, 0.29) is 0 Å². The number of nitrogens with zero attached hydrogens (tertiary/aromatic N) is 4. The van der Waals surface area contributed by atoms with Crippen LogP contribution in [-0.2, 0) is 10.0 Å². The summed E-state index contributed by atoms with van der Waals surface area (Å²) in [4.78, 5) is 15.9. The smallest absolute Gasteiger partial charge is 0.237 e. The van der Waals surface area contributed by atoms with Crippen molar-refractivity contribution in [1.82, 2.24) is 19.9 Å². The van der Waals surface area contributed by atoms with Crippen LogP contribution in [0.2, 0.25) is 5.02 Å². The zero-order valence-electron chi connectivity index (χ0n) is 21.8. The number of rotatable bonds is 7. The molecule has 1 saturated heterocycles. The van der Waals surface area contributed by atoms with Gasteiger partial charge in [-0.05, 0) is 96.4 Å². The fourth-order valence-electron chi connectivity index (χ4n) is 3.92. The third-order valence-corrected chi connectivity index (χ3v) is 8.90. The summed E-state index contributed by atoms with van der Waals surface area (Å²) in [5.41, 5.74) is 3.00. The Hall–Kier alpha value is -2.95. The second kappa shape index (κ2) is 10.8. The van der Waals surface area contributed by atoms with Gasteiger partial charge in [0.25, 0.3) is 0 Å². The van der Waals surface area contributed by atoms with E-state index in [2.05, 4.69) is 48.3 Å². The van der Waals surface area contributed by atoms with Gasteiger partial charge in [-0.3, -0.25) is 4.72 Å². The number of halogens is 1. The highest BCUT2D eigenvalue weighted by Crippen LogP contribution is 2.31. The van der Waals surface area contributed by atoms with Crippen LogP contribution in [0.5, 0.6) is 0 Å². The number of likely N-dealkylation sites (tertiary alicyclic amines) is 1. The Labute approximate surface area is 224 Å². The molecule has 0 bridgehead atoms. The summed E-state index contributed by atoms with van der Waals surface area (Å²) < 4.78 is 26.8. The maximum absolute atomic E-state index is 12.6. The van der Waals surface area contributed by atoms with E-state index >= 15 is 0 Å². The molecule has 3 heterocycles. The molecule has 0 amide bonds. The van der Waals surface area contributed by atoms with Gasteiger partial charge in [-0.25, -0.2) is 18.4 Å². The number of aromatic nitrogens is 3. The van der Waals surface area contributed by atoms with Crippen LogP contribution in [0.1, 0.15) is 50.7 Å². The minimum absolute atomic E-state index is 0.292. The zero-order valence-corrected chi connectivity index (χ0v) is 23.4. The number of nitrogens with one attached hydrogen (secondary N) is 3. The van der Waals surface area contributed by atoms with Crippen molar-refractivity contribution in [3.05, 3.63) is 58.9 Å². The normalized spacial score (nSPS) is 15.4. The highest BCUT2D eigenvalue weighted by molar-refractivity contribution is 7.94. The third-order valence-electron chi connectivity index (χ3n) is 6.47. The second-order valence-corrected chi connectivity index (χ2v) is 13.3. The molecule has 37 heavy (non-hydrogen) atoms. The quantitative estimate of drug-likeness (QED) is 0.349. The Morgan fingerprint density at radius 3 is 2.41 bits per heavy atom. The molecule has 0 spiro atoms. The molecule has 2 aromatic heterocycles. The lowest BCUT2D eigenvalue weighted by Crippen LogP contribution is -2.33. The molecule has 1 aliphatic rings. The zero-order chi connectivity index (χ0) is 26.8. The van der Waals surface area contributed by atoms with Crippen LogP contribution < -0.4 is 15.4 Å². The third kappa shape index (κ3) is 6.68. The lowest BCUT2D eigenvalue weighted by molar-refractivity contribution is 0.255. The van der Waals surface area contributed by atoms with Crippen molar-refractivity contribution in [2.45, 2.75) is 51.2 Å². The summed E-state index contributed by atoms with van der Waals surface area (Å²) in [6.45, 7) is 8.98. The Balaban J connectivity index is 1.48. The molecule has 3 N–H and O–H groups in total. The number of benzene rings is 1. The minimum Gasteiger partial charge on any atom is -0.340 e. The summed E-state index contributed by atoms with van der Waals surface area (Å²) in [6, 6.07) is 9.11. The Morgan fingerprint density at radius 2 is 1.76 bits per heavy atom. The van der Waals surface area contributed by atoms with E-state index < -0.39 is 14.8 Å². The van der Waals surface area contributed by atoms with Crippen LogP contribution in [0.25, 0.3) is 0 Å². The van der Waals surface area contributed by atoms with Gasteiger partial charge in [0.05, 0.1) is 15.5 Å². The molecule has 1 aromatic carbocycles. The largest absolute Gasteiger partial charge is 0.340 e. The molecule has 0 aliphatic carbocycles. The van der Waals surface area contributed by atoms with Crippen LogP contribution >= 0.6 is 11.6 Å². The van der Waals surface area contributed by atoms with E-state index in [9.17, 15) is 8.42 Å². The predicted octanol–water partition coefficient (Wildman–Crippen LogP) is 5.67. The number of pyridine rings is 1. The van der Waals surface area contributed by atoms with Gasteiger partial charge in [0, 0.05) is 23.6 Å².